The van der Waals surface area contributed by atoms with Crippen LogP contribution in [0.15, 0.2) is 66.7 Å². The molecule has 1 saturated heterocycles. The first-order valence-electron chi connectivity index (χ1n) is 14.5. The van der Waals surface area contributed by atoms with Gasteiger partial charge in [0.2, 0.25) is 17.6 Å². The van der Waals surface area contributed by atoms with Gasteiger partial charge in [-0.2, -0.15) is 0 Å². The summed E-state index contributed by atoms with van der Waals surface area (Å²) >= 11 is 6.43. The van der Waals surface area contributed by atoms with Crippen molar-refractivity contribution in [1.29, 1.82) is 0 Å². The number of amides is 2. The van der Waals surface area contributed by atoms with Crippen LogP contribution in [-0.2, 0) is 14.3 Å². The van der Waals surface area contributed by atoms with Gasteiger partial charge in [-0.05, 0) is 63.4 Å². The van der Waals surface area contributed by atoms with Crippen LogP contribution in [0, 0.1) is 25.7 Å². The number of fused-ring (bicyclic) bond motifs is 2. The van der Waals surface area contributed by atoms with Crippen LogP contribution in [0.3, 0.4) is 0 Å². The number of esters is 1. The zero-order valence-corrected chi connectivity index (χ0v) is 25.0. The Morgan fingerprint density at radius 1 is 0.907 bits per heavy atom. The Hall–Kier alpha value is -4.36. The minimum atomic E-state index is -1.01. The summed E-state index contributed by atoms with van der Waals surface area (Å²) in [4.78, 5) is 58.8. The monoisotopic (exact) mass is 594 g/mol. The smallest absolute Gasteiger partial charge is 0.339 e. The molecule has 2 heterocycles. The number of halogens is 1. The van der Waals surface area contributed by atoms with Crippen molar-refractivity contribution in [2.24, 2.45) is 11.8 Å². The lowest BCUT2D eigenvalue weighted by Gasteiger charge is -2.19. The minimum Gasteiger partial charge on any atom is -0.451 e. The fourth-order valence-electron chi connectivity index (χ4n) is 6.15. The number of ketones is 1. The van der Waals surface area contributed by atoms with Crippen LogP contribution in [0.25, 0.3) is 22.2 Å². The van der Waals surface area contributed by atoms with Crippen molar-refractivity contribution in [2.75, 3.05) is 4.90 Å². The number of ether oxygens (including phenoxy) is 1. The van der Waals surface area contributed by atoms with E-state index in [-0.39, 0.29) is 35.0 Å². The highest BCUT2D eigenvalue weighted by Gasteiger charge is 2.48. The van der Waals surface area contributed by atoms with Gasteiger partial charge in [-0.15, -0.1) is 0 Å². The fourth-order valence-corrected chi connectivity index (χ4v) is 6.30. The third kappa shape index (κ3) is 5.23. The molecule has 2 aliphatic rings. The molecule has 218 valence electrons. The second-order valence-corrected chi connectivity index (χ2v) is 11.9. The van der Waals surface area contributed by atoms with Gasteiger partial charge in [0.05, 0.1) is 34.3 Å². The maximum atomic E-state index is 13.5. The largest absolute Gasteiger partial charge is 0.451 e. The summed E-state index contributed by atoms with van der Waals surface area (Å²) < 4.78 is 5.68. The molecule has 6 rings (SSSR count). The molecule has 0 bridgehead atoms. The predicted octanol–water partition coefficient (Wildman–Crippen LogP) is 7.28. The summed E-state index contributed by atoms with van der Waals surface area (Å²) in [5, 5.41) is 1.06. The van der Waals surface area contributed by atoms with Gasteiger partial charge in [-0.25, -0.2) is 9.78 Å². The molecule has 0 spiro atoms. The van der Waals surface area contributed by atoms with Crippen molar-refractivity contribution < 1.29 is 23.9 Å². The lowest BCUT2D eigenvalue weighted by molar-refractivity contribution is -0.122. The lowest BCUT2D eigenvalue weighted by Crippen LogP contribution is -2.30. The highest BCUT2D eigenvalue weighted by Crippen LogP contribution is 2.40. The summed E-state index contributed by atoms with van der Waals surface area (Å²) in [6, 6.07) is 19.2. The first-order chi connectivity index (χ1) is 20.6. The molecule has 4 aromatic rings. The fraction of sp³-hybridized carbons (Fsp3) is 0.286. The van der Waals surface area contributed by atoms with Crippen LogP contribution in [0.1, 0.15) is 64.4 Å². The Morgan fingerprint density at radius 3 is 2.16 bits per heavy atom. The van der Waals surface area contributed by atoms with Gasteiger partial charge < -0.3 is 4.74 Å². The minimum absolute atomic E-state index is 0.129. The number of pyridine rings is 1. The molecular weight excluding hydrogens is 564 g/mol. The third-order valence-electron chi connectivity index (χ3n) is 8.64. The molecule has 1 saturated carbocycles. The summed E-state index contributed by atoms with van der Waals surface area (Å²) in [6.45, 7) is 5.32. The molecule has 0 radical (unpaired) electrons. The van der Waals surface area contributed by atoms with E-state index in [9.17, 15) is 19.2 Å². The average Bonchev–Trinajstić information content (AvgIpc) is 3.27. The Labute approximate surface area is 254 Å². The number of aromatic nitrogens is 1. The second kappa shape index (κ2) is 11.4. The predicted molar refractivity (Wildman–Crippen MR) is 165 cm³/mol. The van der Waals surface area contributed by atoms with Gasteiger partial charge in [-0.1, -0.05) is 72.5 Å². The molecule has 7 nitrogen and oxygen atoms in total. The summed E-state index contributed by atoms with van der Waals surface area (Å²) in [5.74, 6) is -1.68. The van der Waals surface area contributed by atoms with Gasteiger partial charge in [0.15, 0.2) is 6.10 Å². The van der Waals surface area contributed by atoms with E-state index >= 15 is 0 Å². The van der Waals surface area contributed by atoms with Crippen molar-refractivity contribution in [3.63, 3.8) is 0 Å². The van der Waals surface area contributed by atoms with Gasteiger partial charge in [0.25, 0.3) is 0 Å². The van der Waals surface area contributed by atoms with E-state index < -0.39 is 12.1 Å². The number of nitrogens with zero attached hydrogens (tertiary/aromatic N) is 2. The summed E-state index contributed by atoms with van der Waals surface area (Å²) in [7, 11) is 0. The zero-order valence-electron chi connectivity index (χ0n) is 24.2. The molecule has 2 fully saturated rings. The number of carbonyl (C=O) groups excluding carboxylic acids is 4. The molecule has 2 amide bonds. The van der Waals surface area contributed by atoms with E-state index in [1.165, 1.54) is 4.90 Å². The lowest BCUT2D eigenvalue weighted by atomic mass is 9.81. The van der Waals surface area contributed by atoms with E-state index in [1.54, 1.807) is 61.5 Å². The van der Waals surface area contributed by atoms with E-state index in [0.29, 0.717) is 44.0 Å². The first kappa shape index (κ1) is 28.7. The Bertz CT molecular complexity index is 1760. The average molecular weight is 595 g/mol. The third-order valence-corrected chi connectivity index (χ3v) is 9.05. The van der Waals surface area contributed by atoms with E-state index in [4.69, 9.17) is 21.3 Å². The van der Waals surface area contributed by atoms with Gasteiger partial charge in [0, 0.05) is 21.5 Å². The van der Waals surface area contributed by atoms with Crippen LogP contribution in [-0.4, -0.2) is 34.7 Å². The van der Waals surface area contributed by atoms with Gasteiger partial charge >= 0.3 is 5.97 Å². The van der Waals surface area contributed by atoms with Crippen molar-refractivity contribution in [2.45, 2.75) is 52.6 Å². The maximum absolute atomic E-state index is 13.5. The quantitative estimate of drug-likeness (QED) is 0.132. The van der Waals surface area contributed by atoms with Gasteiger partial charge in [-0.3, -0.25) is 19.3 Å². The van der Waals surface area contributed by atoms with Crippen LogP contribution in [0.5, 0.6) is 0 Å². The number of aryl methyl sites for hydroxylation is 2. The van der Waals surface area contributed by atoms with Gasteiger partial charge in [0.1, 0.15) is 0 Å². The Morgan fingerprint density at radius 2 is 1.53 bits per heavy atom. The van der Waals surface area contributed by atoms with Crippen LogP contribution in [0.2, 0.25) is 5.02 Å². The van der Waals surface area contributed by atoms with Crippen molar-refractivity contribution in [3.8, 4) is 11.3 Å². The number of hydrogen-bond donors (Lipinski definition) is 0. The van der Waals surface area contributed by atoms with Crippen molar-refractivity contribution in [3.05, 3.63) is 94.0 Å². The molecule has 1 aromatic heterocycles. The molecule has 3 atom stereocenters. The molecule has 1 aliphatic heterocycles. The van der Waals surface area contributed by atoms with Crippen LogP contribution >= 0.6 is 11.6 Å². The number of Topliss-reactive ketones (excluding diaryl/α,β-unsaturated/α-hetero) is 1. The van der Waals surface area contributed by atoms with Crippen molar-refractivity contribution >= 4 is 51.8 Å². The molecule has 8 heteroatoms. The van der Waals surface area contributed by atoms with E-state index in [0.717, 1.165) is 31.2 Å². The van der Waals surface area contributed by atoms with Crippen LogP contribution in [0.4, 0.5) is 5.69 Å². The molecular formula is C35H31ClN2O5. The molecule has 3 unspecified atom stereocenters. The zero-order chi connectivity index (χ0) is 30.4. The number of imide groups is 1. The second-order valence-electron chi connectivity index (χ2n) is 11.5. The number of rotatable bonds is 6. The highest BCUT2D eigenvalue weighted by atomic mass is 35.5. The number of hydrogen-bond acceptors (Lipinski definition) is 6. The molecule has 3 aromatic carbocycles. The van der Waals surface area contributed by atoms with E-state index in [1.807, 2.05) is 26.0 Å². The topological polar surface area (TPSA) is 93.6 Å². The SMILES string of the molecule is Cc1ccc(C(=O)C(C)OC(=O)c2cc(-c3ccc(N4C(=O)C5CCCCC5C4=O)cc3)nc3c(C)c(Cl)ccc23)cc1. The molecule has 0 N–H and O–H groups in total. The maximum Gasteiger partial charge on any atom is 0.339 e. The van der Waals surface area contributed by atoms with Crippen molar-refractivity contribution in [1.82, 2.24) is 4.98 Å². The standard InChI is InChI=1S/C35H31ClN2O5/c1-19-8-10-23(11-9-19)32(39)21(3)43-35(42)28-18-30(37-31-20(2)29(36)17-16-25(28)31)22-12-14-24(15-13-22)38-33(40)26-6-4-5-7-27(26)34(38)41/h8-18,21,26-27H,4-7H2,1-3H3. The number of carbonyl (C=O) groups is 4. The highest BCUT2D eigenvalue weighted by molar-refractivity contribution is 6.32. The molecule has 43 heavy (non-hydrogen) atoms. The number of benzene rings is 3. The Kier molecular flexibility index (Phi) is 7.61. The molecule has 1 aliphatic carbocycles. The number of anilines is 1. The first-order valence-corrected chi connectivity index (χ1v) is 14.9. The summed E-state index contributed by atoms with van der Waals surface area (Å²) in [5.41, 5.74) is 4.66. The normalized spacial score (nSPS) is 18.9. The Balaban J connectivity index is 1.33. The van der Waals surface area contributed by atoms with E-state index in [2.05, 4.69) is 0 Å². The summed E-state index contributed by atoms with van der Waals surface area (Å²) in [6.07, 6.45) is 2.43. The van der Waals surface area contributed by atoms with Crippen LogP contribution < -0.4 is 4.90 Å².